The summed E-state index contributed by atoms with van der Waals surface area (Å²) in [7, 11) is 2.72. The first kappa shape index (κ1) is 21.8. The molecule has 0 unspecified atom stereocenters. The Bertz CT molecular complexity index is 1140. The lowest BCUT2D eigenvalue weighted by Crippen LogP contribution is -2.22. The summed E-state index contributed by atoms with van der Waals surface area (Å²) >= 11 is 1.40. The lowest BCUT2D eigenvalue weighted by Gasteiger charge is -2.11. The molecule has 0 aliphatic heterocycles. The maximum absolute atomic E-state index is 12.2. The van der Waals surface area contributed by atoms with Crippen molar-refractivity contribution in [1.82, 2.24) is 9.29 Å². The highest BCUT2D eigenvalue weighted by Crippen LogP contribution is 2.28. The predicted octanol–water partition coefficient (Wildman–Crippen LogP) is 3.52. The van der Waals surface area contributed by atoms with E-state index in [1.165, 1.54) is 29.7 Å². The molecule has 3 aromatic rings. The molecule has 158 valence electrons. The maximum Gasteiger partial charge on any atom is 0.242 e. The summed E-state index contributed by atoms with van der Waals surface area (Å²) < 4.78 is 36.0. The first-order chi connectivity index (χ1) is 14.3. The van der Waals surface area contributed by atoms with E-state index in [4.69, 9.17) is 9.47 Å². The van der Waals surface area contributed by atoms with Gasteiger partial charge in [-0.2, -0.15) is 5.10 Å². The molecule has 30 heavy (non-hydrogen) atoms. The van der Waals surface area contributed by atoms with Gasteiger partial charge >= 0.3 is 0 Å². The largest absolute Gasteiger partial charge is 0.493 e. The number of hydrogen-bond donors (Lipinski definition) is 1. The number of rotatable bonds is 8. The lowest BCUT2D eigenvalue weighted by atomic mass is 10.2. The smallest absolute Gasteiger partial charge is 0.242 e. The van der Waals surface area contributed by atoms with Gasteiger partial charge in [-0.3, -0.25) is 5.43 Å². The van der Waals surface area contributed by atoms with Crippen LogP contribution in [0.3, 0.4) is 0 Å². The molecule has 3 rings (SSSR count). The minimum atomic E-state index is -3.45. The van der Waals surface area contributed by atoms with Crippen LogP contribution in [0.4, 0.5) is 5.13 Å². The number of benzene rings is 2. The summed E-state index contributed by atoms with van der Waals surface area (Å²) in [5.41, 5.74) is 5.30. The summed E-state index contributed by atoms with van der Waals surface area (Å²) in [4.78, 5) is 4.73. The Kier molecular flexibility index (Phi) is 6.70. The normalized spacial score (nSPS) is 11.8. The van der Waals surface area contributed by atoms with Crippen LogP contribution in [0.2, 0.25) is 0 Å². The Labute approximate surface area is 179 Å². The van der Waals surface area contributed by atoms with Gasteiger partial charge in [-0.05, 0) is 35.9 Å². The van der Waals surface area contributed by atoms with Crippen LogP contribution in [0, 0.1) is 0 Å². The van der Waals surface area contributed by atoms with E-state index in [2.05, 4.69) is 15.5 Å². The number of hydrogen-bond acceptors (Lipinski definition) is 8. The highest BCUT2D eigenvalue weighted by atomic mass is 32.2. The van der Waals surface area contributed by atoms with Crippen LogP contribution in [0.25, 0.3) is 11.3 Å². The molecule has 0 atom stereocenters. The number of methoxy groups -OCH3 is 2. The first-order valence-electron chi connectivity index (χ1n) is 8.84. The fourth-order valence-electron chi connectivity index (χ4n) is 2.56. The second kappa shape index (κ2) is 9.24. The number of aromatic nitrogens is 1. The van der Waals surface area contributed by atoms with Crippen LogP contribution in [0.5, 0.6) is 11.5 Å². The third-order valence-corrected chi connectivity index (χ3v) is 6.79. The van der Waals surface area contributed by atoms with Crippen LogP contribution in [0.15, 0.2) is 57.8 Å². The number of anilines is 1. The molecule has 0 radical (unpaired) electrons. The molecule has 0 saturated carbocycles. The fraction of sp³-hybridized carbons (Fsp3) is 0.200. The maximum atomic E-state index is 12.2. The summed E-state index contributed by atoms with van der Waals surface area (Å²) in [6.45, 7) is 0. The minimum Gasteiger partial charge on any atom is -0.493 e. The first-order valence-corrected chi connectivity index (χ1v) is 11.2. The van der Waals surface area contributed by atoms with Crippen molar-refractivity contribution in [2.45, 2.75) is 4.90 Å². The number of ether oxygens (including phenoxy) is 2. The molecule has 8 nitrogen and oxygen atoms in total. The molecular weight excluding hydrogens is 424 g/mol. The van der Waals surface area contributed by atoms with Crippen molar-refractivity contribution in [2.75, 3.05) is 33.7 Å². The highest BCUT2D eigenvalue weighted by Gasteiger charge is 2.17. The molecular formula is C20H22N4O4S2. The van der Waals surface area contributed by atoms with Gasteiger partial charge in [0.1, 0.15) is 0 Å². The predicted molar refractivity (Wildman–Crippen MR) is 119 cm³/mol. The fourth-order valence-corrected chi connectivity index (χ4v) is 4.13. The van der Waals surface area contributed by atoms with Crippen molar-refractivity contribution in [3.63, 3.8) is 0 Å². The Balaban J connectivity index is 1.69. The van der Waals surface area contributed by atoms with Crippen LogP contribution in [0.1, 0.15) is 5.56 Å². The number of thiazole rings is 1. The average Bonchev–Trinajstić information content (AvgIpc) is 3.22. The molecule has 0 bridgehead atoms. The van der Waals surface area contributed by atoms with Crippen molar-refractivity contribution in [2.24, 2.45) is 5.10 Å². The third-order valence-electron chi connectivity index (χ3n) is 4.21. The zero-order valence-electron chi connectivity index (χ0n) is 17.0. The summed E-state index contributed by atoms with van der Waals surface area (Å²) in [6.07, 6.45) is 1.66. The number of hydrazone groups is 1. The van der Waals surface area contributed by atoms with Crippen molar-refractivity contribution in [3.05, 3.63) is 53.4 Å². The molecule has 1 heterocycles. The quantitative estimate of drug-likeness (QED) is 0.420. The van der Waals surface area contributed by atoms with Gasteiger partial charge in [-0.25, -0.2) is 17.7 Å². The summed E-state index contributed by atoms with van der Waals surface area (Å²) in [6, 6.07) is 12.1. The molecule has 0 aliphatic rings. The average molecular weight is 447 g/mol. The number of nitrogens with zero attached hydrogens (tertiary/aromatic N) is 3. The Morgan fingerprint density at radius 2 is 1.77 bits per heavy atom. The molecule has 0 fully saturated rings. The second-order valence-corrected chi connectivity index (χ2v) is 9.34. The molecule has 1 N–H and O–H groups in total. The van der Waals surface area contributed by atoms with Crippen molar-refractivity contribution >= 4 is 32.7 Å². The van der Waals surface area contributed by atoms with E-state index < -0.39 is 10.0 Å². The number of nitrogens with one attached hydrogen (secondary N) is 1. The Morgan fingerprint density at radius 1 is 1.07 bits per heavy atom. The molecule has 0 amide bonds. The molecule has 10 heteroatoms. The van der Waals surface area contributed by atoms with Gasteiger partial charge in [0.2, 0.25) is 15.2 Å². The zero-order chi connectivity index (χ0) is 21.7. The van der Waals surface area contributed by atoms with Crippen LogP contribution >= 0.6 is 11.3 Å². The van der Waals surface area contributed by atoms with Crippen molar-refractivity contribution in [3.8, 4) is 22.8 Å². The summed E-state index contributed by atoms with van der Waals surface area (Å²) in [5.74, 6) is 1.27. The number of sulfonamides is 1. The van der Waals surface area contributed by atoms with E-state index in [-0.39, 0.29) is 4.90 Å². The monoisotopic (exact) mass is 446 g/mol. The minimum absolute atomic E-state index is 0.240. The summed E-state index contributed by atoms with van der Waals surface area (Å²) in [5, 5.41) is 6.70. The highest BCUT2D eigenvalue weighted by molar-refractivity contribution is 7.89. The van der Waals surface area contributed by atoms with E-state index in [0.29, 0.717) is 16.6 Å². The Hall–Kier alpha value is -2.95. The molecule has 0 spiro atoms. The SMILES string of the molecule is COc1ccc(/C=N/Nc2nc(-c3ccc(S(=O)(=O)N(C)C)cc3)cs2)cc1OC. The molecule has 1 aromatic heterocycles. The van der Waals surface area contributed by atoms with Gasteiger partial charge in [0.25, 0.3) is 0 Å². The van der Waals surface area contributed by atoms with Gasteiger partial charge in [-0.15, -0.1) is 11.3 Å². The van der Waals surface area contributed by atoms with Crippen LogP contribution in [-0.4, -0.2) is 52.2 Å². The van der Waals surface area contributed by atoms with Crippen molar-refractivity contribution < 1.29 is 17.9 Å². The van der Waals surface area contributed by atoms with Crippen LogP contribution in [-0.2, 0) is 10.0 Å². The topological polar surface area (TPSA) is 93.1 Å². The zero-order valence-corrected chi connectivity index (χ0v) is 18.6. The Morgan fingerprint density at radius 3 is 2.40 bits per heavy atom. The molecule has 0 aliphatic carbocycles. The van der Waals surface area contributed by atoms with Gasteiger partial charge in [0, 0.05) is 25.0 Å². The van der Waals surface area contributed by atoms with Gasteiger partial charge < -0.3 is 9.47 Å². The van der Waals surface area contributed by atoms with E-state index in [0.717, 1.165) is 16.8 Å². The lowest BCUT2D eigenvalue weighted by molar-refractivity contribution is 0.355. The second-order valence-electron chi connectivity index (χ2n) is 6.33. The third kappa shape index (κ3) is 4.78. The molecule has 0 saturated heterocycles. The van der Waals surface area contributed by atoms with Gasteiger partial charge in [0.05, 0.1) is 31.0 Å². The van der Waals surface area contributed by atoms with E-state index >= 15 is 0 Å². The van der Waals surface area contributed by atoms with E-state index in [1.54, 1.807) is 44.7 Å². The van der Waals surface area contributed by atoms with E-state index in [1.807, 2.05) is 23.6 Å². The van der Waals surface area contributed by atoms with Gasteiger partial charge in [-0.1, -0.05) is 12.1 Å². The van der Waals surface area contributed by atoms with Crippen molar-refractivity contribution in [1.29, 1.82) is 0 Å². The van der Waals surface area contributed by atoms with Gasteiger partial charge in [0.15, 0.2) is 11.5 Å². The molecule has 2 aromatic carbocycles. The standard InChI is InChI=1S/C20H22N4O4S2/c1-24(2)30(25,26)16-8-6-15(7-9-16)17-13-29-20(22-17)23-21-12-14-5-10-18(27-3)19(11-14)28-4/h5-13H,1-4H3,(H,22,23)/b21-12+. The van der Waals surface area contributed by atoms with E-state index in [9.17, 15) is 8.42 Å². The van der Waals surface area contributed by atoms with Crippen LogP contribution < -0.4 is 14.9 Å².